The predicted octanol–water partition coefficient (Wildman–Crippen LogP) is 1.94. The van der Waals surface area contributed by atoms with Crippen LogP contribution in [0.15, 0.2) is 35.3 Å². The van der Waals surface area contributed by atoms with Gasteiger partial charge in [0.25, 0.3) is 5.56 Å². The molecular formula is C26H34N4O6. The zero-order valence-corrected chi connectivity index (χ0v) is 20.9. The number of aromatic nitrogens is 3. The summed E-state index contributed by atoms with van der Waals surface area (Å²) in [7, 11) is 1.75. The number of fused-ring (bicyclic) bond motifs is 1. The molecule has 0 bridgehead atoms. The Labute approximate surface area is 209 Å². The number of pyridine rings is 1. The number of hydrogen-bond acceptors (Lipinski definition) is 7. The van der Waals surface area contributed by atoms with E-state index in [1.54, 1.807) is 11.6 Å². The second kappa shape index (κ2) is 11.2. The fraction of sp³-hybridized carbons (Fsp3) is 0.500. The lowest BCUT2D eigenvalue weighted by Crippen LogP contribution is -2.46. The smallest absolute Gasteiger partial charge is 0.323 e. The minimum atomic E-state index is -1.11. The SMILES string of the molecule is Cc1cc(-c2nc3cc(OCCN[C@H](C(=O)O)C(C)O)ccc3n2CC2CCOCC2)cn(C)c1=O. The van der Waals surface area contributed by atoms with Crippen LogP contribution in [0.2, 0.25) is 0 Å². The van der Waals surface area contributed by atoms with Crippen molar-refractivity contribution in [2.75, 3.05) is 26.4 Å². The van der Waals surface area contributed by atoms with Gasteiger partial charge in [-0.25, -0.2) is 4.98 Å². The predicted molar refractivity (Wildman–Crippen MR) is 135 cm³/mol. The Balaban J connectivity index is 1.60. The third-order valence-electron chi connectivity index (χ3n) is 6.61. The fourth-order valence-electron chi connectivity index (χ4n) is 4.64. The van der Waals surface area contributed by atoms with Crippen molar-refractivity contribution in [1.29, 1.82) is 0 Å². The van der Waals surface area contributed by atoms with Crippen LogP contribution < -0.4 is 15.6 Å². The van der Waals surface area contributed by atoms with Crippen LogP contribution in [-0.4, -0.2) is 68.8 Å². The molecule has 0 radical (unpaired) electrons. The molecular weight excluding hydrogens is 464 g/mol. The molecule has 3 N–H and O–H groups in total. The van der Waals surface area contributed by atoms with Gasteiger partial charge in [0.15, 0.2) is 0 Å². The van der Waals surface area contributed by atoms with Crippen molar-refractivity contribution in [1.82, 2.24) is 19.4 Å². The molecule has 1 aliphatic rings. The summed E-state index contributed by atoms with van der Waals surface area (Å²) >= 11 is 0. The second-order valence-corrected chi connectivity index (χ2v) is 9.44. The third-order valence-corrected chi connectivity index (χ3v) is 6.61. The molecule has 36 heavy (non-hydrogen) atoms. The van der Waals surface area contributed by atoms with Gasteiger partial charge >= 0.3 is 5.97 Å². The van der Waals surface area contributed by atoms with Gasteiger partial charge in [0, 0.05) is 56.7 Å². The molecule has 0 aliphatic carbocycles. The standard InChI is InChI=1S/C26H34N4O6/c1-16-12-19(15-29(3)25(16)32)24-28-21-13-20(36-11-8-27-23(17(2)31)26(33)34)4-5-22(21)30(24)14-18-6-9-35-10-7-18/h4-5,12-13,15,17-18,23,27,31H,6-11,14H2,1-3H3,(H,33,34)/t17?,23-/m0/s1. The van der Waals surface area contributed by atoms with E-state index in [4.69, 9.17) is 19.6 Å². The van der Waals surface area contributed by atoms with Gasteiger partial charge in [0.05, 0.1) is 17.1 Å². The number of carbonyl (C=O) groups is 1. The summed E-state index contributed by atoms with van der Waals surface area (Å²) in [5, 5.41) is 21.5. The molecule has 1 unspecified atom stereocenters. The Hall–Kier alpha value is -3.21. The third kappa shape index (κ3) is 5.77. The Morgan fingerprint density at radius 1 is 1.31 bits per heavy atom. The number of aryl methyl sites for hydroxylation is 2. The van der Waals surface area contributed by atoms with E-state index in [1.807, 2.05) is 37.4 Å². The van der Waals surface area contributed by atoms with Gasteiger partial charge in [0.2, 0.25) is 0 Å². The van der Waals surface area contributed by atoms with Crippen molar-refractivity contribution in [3.8, 4) is 17.1 Å². The highest BCUT2D eigenvalue weighted by atomic mass is 16.5. The number of nitrogens with one attached hydrogen (secondary N) is 1. The molecule has 3 aromatic rings. The second-order valence-electron chi connectivity index (χ2n) is 9.44. The molecule has 1 aromatic carbocycles. The van der Waals surface area contributed by atoms with E-state index in [0.29, 0.717) is 17.2 Å². The summed E-state index contributed by atoms with van der Waals surface area (Å²) in [6.45, 7) is 6.06. The van der Waals surface area contributed by atoms with Crippen molar-refractivity contribution >= 4 is 17.0 Å². The summed E-state index contributed by atoms with van der Waals surface area (Å²) in [6, 6.07) is 6.57. The molecule has 0 amide bonds. The molecule has 10 heteroatoms. The number of ether oxygens (including phenoxy) is 2. The molecule has 3 heterocycles. The van der Waals surface area contributed by atoms with Crippen LogP contribution in [0, 0.1) is 12.8 Å². The van der Waals surface area contributed by atoms with Crippen LogP contribution >= 0.6 is 0 Å². The summed E-state index contributed by atoms with van der Waals surface area (Å²) in [4.78, 5) is 28.4. The summed E-state index contributed by atoms with van der Waals surface area (Å²) in [5.74, 6) is 0.784. The molecule has 0 spiro atoms. The van der Waals surface area contributed by atoms with E-state index < -0.39 is 18.1 Å². The molecule has 1 fully saturated rings. The summed E-state index contributed by atoms with van der Waals surface area (Å²) in [6.07, 6.45) is 2.78. The Bertz CT molecular complexity index is 1250. The van der Waals surface area contributed by atoms with Crippen LogP contribution in [0.4, 0.5) is 0 Å². The number of hydrogen-bond donors (Lipinski definition) is 3. The van der Waals surface area contributed by atoms with Crippen LogP contribution in [0.5, 0.6) is 5.75 Å². The van der Waals surface area contributed by atoms with Gasteiger partial charge in [-0.3, -0.25) is 14.9 Å². The average Bonchev–Trinajstić information content (AvgIpc) is 3.19. The van der Waals surface area contributed by atoms with Gasteiger partial charge < -0.3 is 28.8 Å². The van der Waals surface area contributed by atoms with Gasteiger partial charge in [-0.15, -0.1) is 0 Å². The van der Waals surface area contributed by atoms with Crippen molar-refractivity contribution in [2.24, 2.45) is 13.0 Å². The Morgan fingerprint density at radius 3 is 2.72 bits per heavy atom. The first-order chi connectivity index (χ1) is 17.2. The van der Waals surface area contributed by atoms with Gasteiger partial charge in [-0.2, -0.15) is 0 Å². The summed E-state index contributed by atoms with van der Waals surface area (Å²) in [5.41, 5.74) is 3.27. The van der Waals surface area contributed by atoms with E-state index in [2.05, 4.69) is 9.88 Å². The Kier molecular flexibility index (Phi) is 8.07. The van der Waals surface area contributed by atoms with Crippen molar-refractivity contribution < 1.29 is 24.5 Å². The number of nitrogens with zero attached hydrogens (tertiary/aromatic N) is 3. The number of benzene rings is 1. The molecule has 2 aromatic heterocycles. The average molecular weight is 499 g/mol. The highest BCUT2D eigenvalue weighted by molar-refractivity contribution is 5.82. The molecule has 0 saturated carbocycles. The quantitative estimate of drug-likeness (QED) is 0.362. The highest BCUT2D eigenvalue weighted by Crippen LogP contribution is 2.30. The van der Waals surface area contributed by atoms with E-state index in [0.717, 1.165) is 55.0 Å². The first-order valence-corrected chi connectivity index (χ1v) is 12.3. The number of aliphatic hydroxyl groups is 1. The van der Waals surface area contributed by atoms with E-state index in [1.165, 1.54) is 6.92 Å². The number of carboxylic acids is 1. The molecule has 4 rings (SSSR count). The molecule has 10 nitrogen and oxygen atoms in total. The Morgan fingerprint density at radius 2 is 2.06 bits per heavy atom. The van der Waals surface area contributed by atoms with E-state index in [9.17, 15) is 14.7 Å². The lowest BCUT2D eigenvalue weighted by molar-refractivity contribution is -0.142. The van der Waals surface area contributed by atoms with Crippen molar-refractivity contribution in [2.45, 2.75) is 45.4 Å². The maximum absolute atomic E-state index is 12.3. The van der Waals surface area contributed by atoms with Crippen LogP contribution in [0.1, 0.15) is 25.3 Å². The van der Waals surface area contributed by atoms with Crippen LogP contribution in [-0.2, 0) is 23.1 Å². The first-order valence-electron chi connectivity index (χ1n) is 12.3. The van der Waals surface area contributed by atoms with Gasteiger partial charge in [0.1, 0.15) is 24.2 Å². The number of imidazole rings is 1. The van der Waals surface area contributed by atoms with Crippen LogP contribution in [0.3, 0.4) is 0 Å². The van der Waals surface area contributed by atoms with Gasteiger partial charge in [-0.1, -0.05) is 0 Å². The van der Waals surface area contributed by atoms with E-state index >= 15 is 0 Å². The zero-order valence-electron chi connectivity index (χ0n) is 20.9. The first kappa shape index (κ1) is 25.9. The molecule has 1 aliphatic heterocycles. The number of carboxylic acid groups (broad SMARTS) is 1. The van der Waals surface area contributed by atoms with Crippen LogP contribution in [0.25, 0.3) is 22.4 Å². The minimum absolute atomic E-state index is 0.0316. The van der Waals surface area contributed by atoms with E-state index in [-0.39, 0.29) is 18.7 Å². The lowest BCUT2D eigenvalue weighted by Gasteiger charge is -2.23. The van der Waals surface area contributed by atoms with Crippen molar-refractivity contribution in [3.05, 3.63) is 46.4 Å². The lowest BCUT2D eigenvalue weighted by atomic mass is 10.00. The molecule has 1 saturated heterocycles. The maximum Gasteiger partial charge on any atom is 0.323 e. The van der Waals surface area contributed by atoms with Gasteiger partial charge in [-0.05, 0) is 50.8 Å². The number of aliphatic carboxylic acids is 1. The largest absolute Gasteiger partial charge is 0.492 e. The normalized spacial score (nSPS) is 16.2. The van der Waals surface area contributed by atoms with Crippen molar-refractivity contribution in [3.63, 3.8) is 0 Å². The monoisotopic (exact) mass is 498 g/mol. The minimum Gasteiger partial charge on any atom is -0.492 e. The topological polar surface area (TPSA) is 128 Å². The molecule has 194 valence electrons. The fourth-order valence-corrected chi connectivity index (χ4v) is 4.64. The molecule has 2 atom stereocenters. The zero-order chi connectivity index (χ0) is 25.8. The highest BCUT2D eigenvalue weighted by Gasteiger charge is 2.22. The summed E-state index contributed by atoms with van der Waals surface area (Å²) < 4.78 is 15.2. The number of aliphatic hydroxyl groups excluding tert-OH is 1. The number of rotatable bonds is 10. The maximum atomic E-state index is 12.3.